The molecule has 0 aliphatic heterocycles. The second kappa shape index (κ2) is 8.37. The van der Waals surface area contributed by atoms with Crippen molar-refractivity contribution in [2.24, 2.45) is 0 Å². The second-order valence-electron chi connectivity index (χ2n) is 4.02. The molecule has 0 unspecified atom stereocenters. The average Bonchev–Trinajstić information content (AvgIpc) is 2.44. The van der Waals surface area contributed by atoms with Crippen LogP contribution in [0.4, 0.5) is 0 Å². The Labute approximate surface area is 114 Å². The van der Waals surface area contributed by atoms with E-state index in [0.717, 1.165) is 17.1 Å². The summed E-state index contributed by atoms with van der Waals surface area (Å²) in [7, 11) is 3.26. The maximum Gasteiger partial charge on any atom is 0.221 e. The number of benzene rings is 1. The quantitative estimate of drug-likeness (QED) is 0.697. The Morgan fingerprint density at radius 2 is 2.11 bits per heavy atom. The van der Waals surface area contributed by atoms with Crippen molar-refractivity contribution in [2.45, 2.75) is 19.9 Å². The van der Waals surface area contributed by atoms with Crippen LogP contribution >= 0.6 is 0 Å². The van der Waals surface area contributed by atoms with Crippen LogP contribution in [0.1, 0.15) is 18.9 Å². The van der Waals surface area contributed by atoms with E-state index in [-0.39, 0.29) is 5.91 Å². The number of methoxy groups -OCH3 is 1. The summed E-state index contributed by atoms with van der Waals surface area (Å²) in [6.45, 7) is 3.88. The van der Waals surface area contributed by atoms with Gasteiger partial charge < -0.3 is 20.1 Å². The Hall–Kier alpha value is -1.75. The van der Waals surface area contributed by atoms with E-state index in [1.165, 1.54) is 0 Å². The standard InChI is InChI=1S/C14H22N2O3/c1-4-19-13-9-11(5-6-12(13)18-3)10-16-8-7-14(17)15-2/h5-6,9,16H,4,7-8,10H2,1-3H3,(H,15,17). The highest BCUT2D eigenvalue weighted by atomic mass is 16.5. The number of hydrogen-bond acceptors (Lipinski definition) is 4. The van der Waals surface area contributed by atoms with Gasteiger partial charge in [-0.2, -0.15) is 0 Å². The molecule has 0 fully saturated rings. The Balaban J connectivity index is 2.49. The van der Waals surface area contributed by atoms with Gasteiger partial charge in [0.2, 0.25) is 5.91 Å². The van der Waals surface area contributed by atoms with Crippen molar-refractivity contribution in [2.75, 3.05) is 27.3 Å². The van der Waals surface area contributed by atoms with Gasteiger partial charge in [-0.25, -0.2) is 0 Å². The van der Waals surface area contributed by atoms with Crippen molar-refractivity contribution in [3.8, 4) is 11.5 Å². The molecule has 0 aliphatic rings. The first-order chi connectivity index (χ1) is 9.21. The third-order valence-electron chi connectivity index (χ3n) is 2.66. The first-order valence-corrected chi connectivity index (χ1v) is 6.42. The molecule has 0 spiro atoms. The fraction of sp³-hybridized carbons (Fsp3) is 0.500. The van der Waals surface area contributed by atoms with Crippen LogP contribution in [0, 0.1) is 0 Å². The number of ether oxygens (including phenoxy) is 2. The minimum Gasteiger partial charge on any atom is -0.493 e. The zero-order valence-electron chi connectivity index (χ0n) is 11.8. The van der Waals surface area contributed by atoms with Crippen LogP contribution in [0.3, 0.4) is 0 Å². The van der Waals surface area contributed by atoms with Crippen molar-refractivity contribution in [1.82, 2.24) is 10.6 Å². The van der Waals surface area contributed by atoms with Crippen molar-refractivity contribution in [1.29, 1.82) is 0 Å². The number of rotatable bonds is 8. The Morgan fingerprint density at radius 3 is 2.74 bits per heavy atom. The monoisotopic (exact) mass is 266 g/mol. The van der Waals surface area contributed by atoms with E-state index in [4.69, 9.17) is 9.47 Å². The van der Waals surface area contributed by atoms with E-state index in [2.05, 4.69) is 10.6 Å². The molecule has 19 heavy (non-hydrogen) atoms. The van der Waals surface area contributed by atoms with Gasteiger partial charge in [-0.15, -0.1) is 0 Å². The molecule has 1 amide bonds. The van der Waals surface area contributed by atoms with Crippen LogP contribution in [0.5, 0.6) is 11.5 Å². The summed E-state index contributed by atoms with van der Waals surface area (Å²) in [6.07, 6.45) is 0.477. The van der Waals surface area contributed by atoms with Crippen LogP contribution in [-0.4, -0.2) is 33.2 Å². The average molecular weight is 266 g/mol. The lowest BCUT2D eigenvalue weighted by atomic mass is 10.2. The van der Waals surface area contributed by atoms with Crippen molar-refractivity contribution >= 4 is 5.91 Å². The van der Waals surface area contributed by atoms with Gasteiger partial charge in [0.1, 0.15) is 0 Å². The molecule has 5 nitrogen and oxygen atoms in total. The molecule has 0 bridgehead atoms. The number of amides is 1. The van der Waals surface area contributed by atoms with Gasteiger partial charge in [-0.1, -0.05) is 6.07 Å². The van der Waals surface area contributed by atoms with Crippen molar-refractivity contribution in [3.63, 3.8) is 0 Å². The highest BCUT2D eigenvalue weighted by molar-refractivity contribution is 5.75. The fourth-order valence-electron chi connectivity index (χ4n) is 1.66. The molecule has 0 aromatic heterocycles. The summed E-state index contributed by atoms with van der Waals surface area (Å²) < 4.78 is 10.7. The zero-order chi connectivity index (χ0) is 14.1. The summed E-state index contributed by atoms with van der Waals surface area (Å²) in [5, 5.41) is 5.81. The van der Waals surface area contributed by atoms with Crippen LogP contribution < -0.4 is 20.1 Å². The predicted octanol–water partition coefficient (Wildman–Crippen LogP) is 1.32. The van der Waals surface area contributed by atoms with E-state index in [0.29, 0.717) is 26.1 Å². The SMILES string of the molecule is CCOc1cc(CNCCC(=O)NC)ccc1OC. The molecule has 5 heteroatoms. The minimum absolute atomic E-state index is 0.0391. The highest BCUT2D eigenvalue weighted by Gasteiger charge is 2.05. The second-order valence-corrected chi connectivity index (χ2v) is 4.02. The third-order valence-corrected chi connectivity index (χ3v) is 2.66. The van der Waals surface area contributed by atoms with Crippen molar-refractivity contribution in [3.05, 3.63) is 23.8 Å². The molecule has 0 saturated heterocycles. The normalized spacial score (nSPS) is 10.1. The first kappa shape index (κ1) is 15.3. The van der Waals surface area contributed by atoms with Gasteiger partial charge >= 0.3 is 0 Å². The molecule has 2 N–H and O–H groups in total. The number of carbonyl (C=O) groups is 1. The maximum atomic E-state index is 11.1. The largest absolute Gasteiger partial charge is 0.493 e. The van der Waals surface area contributed by atoms with Crippen LogP contribution in [-0.2, 0) is 11.3 Å². The summed E-state index contributed by atoms with van der Waals surface area (Å²) in [6, 6.07) is 5.82. The molecular formula is C14H22N2O3. The zero-order valence-corrected chi connectivity index (χ0v) is 11.8. The first-order valence-electron chi connectivity index (χ1n) is 6.42. The molecular weight excluding hydrogens is 244 g/mol. The van der Waals surface area contributed by atoms with Gasteiger partial charge in [-0.05, 0) is 24.6 Å². The van der Waals surface area contributed by atoms with E-state index < -0.39 is 0 Å². The smallest absolute Gasteiger partial charge is 0.221 e. The Bertz CT molecular complexity index is 408. The number of hydrogen-bond donors (Lipinski definition) is 2. The topological polar surface area (TPSA) is 59.6 Å². The molecule has 106 valence electrons. The van der Waals surface area contributed by atoms with E-state index >= 15 is 0 Å². The predicted molar refractivity (Wildman–Crippen MR) is 74.6 cm³/mol. The molecule has 0 saturated carbocycles. The van der Waals surface area contributed by atoms with Gasteiger partial charge in [0.05, 0.1) is 13.7 Å². The Morgan fingerprint density at radius 1 is 1.32 bits per heavy atom. The van der Waals surface area contributed by atoms with Crippen LogP contribution in [0.2, 0.25) is 0 Å². The molecule has 1 aromatic rings. The maximum absolute atomic E-state index is 11.1. The van der Waals surface area contributed by atoms with Gasteiger partial charge in [0.15, 0.2) is 11.5 Å². The summed E-state index contributed by atoms with van der Waals surface area (Å²) in [4.78, 5) is 11.1. The molecule has 0 atom stereocenters. The number of nitrogens with one attached hydrogen (secondary N) is 2. The van der Waals surface area contributed by atoms with E-state index in [9.17, 15) is 4.79 Å². The summed E-state index contributed by atoms with van der Waals surface area (Å²) in [5.74, 6) is 1.52. The molecule has 0 aliphatic carbocycles. The van der Waals surface area contributed by atoms with Crippen LogP contribution in [0.15, 0.2) is 18.2 Å². The molecule has 0 heterocycles. The van der Waals surface area contributed by atoms with Gasteiger partial charge in [0.25, 0.3) is 0 Å². The number of carbonyl (C=O) groups excluding carboxylic acids is 1. The third kappa shape index (κ3) is 5.18. The lowest BCUT2D eigenvalue weighted by Gasteiger charge is -2.11. The lowest BCUT2D eigenvalue weighted by Crippen LogP contribution is -2.24. The lowest BCUT2D eigenvalue weighted by molar-refractivity contribution is -0.120. The van der Waals surface area contributed by atoms with Crippen molar-refractivity contribution < 1.29 is 14.3 Å². The summed E-state index contributed by atoms with van der Waals surface area (Å²) in [5.41, 5.74) is 1.10. The fourth-order valence-corrected chi connectivity index (χ4v) is 1.66. The van der Waals surface area contributed by atoms with Gasteiger partial charge in [0, 0.05) is 26.6 Å². The minimum atomic E-state index is 0.0391. The van der Waals surface area contributed by atoms with E-state index in [1.54, 1.807) is 14.2 Å². The van der Waals surface area contributed by atoms with Gasteiger partial charge in [-0.3, -0.25) is 4.79 Å². The molecule has 1 aromatic carbocycles. The summed E-state index contributed by atoms with van der Waals surface area (Å²) >= 11 is 0. The van der Waals surface area contributed by atoms with E-state index in [1.807, 2.05) is 25.1 Å². The van der Waals surface area contributed by atoms with Crippen LogP contribution in [0.25, 0.3) is 0 Å². The molecule has 0 radical (unpaired) electrons. The Kier molecular flexibility index (Phi) is 6.74. The highest BCUT2D eigenvalue weighted by Crippen LogP contribution is 2.27. The molecule has 1 rings (SSSR count).